The van der Waals surface area contributed by atoms with Gasteiger partial charge in [-0.2, -0.15) is 0 Å². The van der Waals surface area contributed by atoms with Crippen LogP contribution in [0.5, 0.6) is 23.0 Å². The molecular weight excluding hydrogens is 316 g/mol. The molecule has 4 aromatic rings. The largest absolute Gasteiger partial charge is 0.504 e. The number of hydrogen-bond donors (Lipinski definition) is 1. The van der Waals surface area contributed by atoms with Crippen molar-refractivity contribution >= 4 is 32.9 Å². The van der Waals surface area contributed by atoms with Gasteiger partial charge in [0, 0.05) is 17.5 Å². The standard InChI is InChI=1S/C17H10O7/c1-20-12-4-11-8(2-9(12)18)16-15(17(19)24-11)7-3-13-14(22-6-21-13)5-10(7)23-16/h2-5,18H,6H2,1H3. The highest BCUT2D eigenvalue weighted by molar-refractivity contribution is 6.13. The van der Waals surface area contributed by atoms with E-state index in [1.54, 1.807) is 12.1 Å². The fourth-order valence-corrected chi connectivity index (χ4v) is 3.00. The van der Waals surface area contributed by atoms with Crippen molar-refractivity contribution < 1.29 is 28.2 Å². The summed E-state index contributed by atoms with van der Waals surface area (Å²) < 4.78 is 27.0. The SMILES string of the molecule is COc1cc2oc(=O)c3c4cc5c(cc4oc3c2cc1O)OCO5. The summed E-state index contributed by atoms with van der Waals surface area (Å²) in [6.07, 6.45) is 0. The summed E-state index contributed by atoms with van der Waals surface area (Å²) in [4.78, 5) is 12.5. The molecule has 5 rings (SSSR count). The van der Waals surface area contributed by atoms with Gasteiger partial charge in [0.05, 0.1) is 12.5 Å². The van der Waals surface area contributed by atoms with Crippen molar-refractivity contribution in [2.24, 2.45) is 0 Å². The Morgan fingerprint density at radius 3 is 2.54 bits per heavy atom. The molecule has 0 amide bonds. The second-order valence-corrected chi connectivity index (χ2v) is 5.42. The molecule has 0 fully saturated rings. The average molecular weight is 326 g/mol. The Hall–Kier alpha value is -3.35. The Labute approximate surface area is 133 Å². The maximum atomic E-state index is 12.5. The smallest absolute Gasteiger partial charge is 0.348 e. The van der Waals surface area contributed by atoms with Crippen LogP contribution >= 0.6 is 0 Å². The Morgan fingerprint density at radius 1 is 1.00 bits per heavy atom. The third-order valence-corrected chi connectivity index (χ3v) is 4.12. The van der Waals surface area contributed by atoms with E-state index in [1.807, 2.05) is 0 Å². The van der Waals surface area contributed by atoms with Gasteiger partial charge in [-0.25, -0.2) is 4.79 Å². The van der Waals surface area contributed by atoms with Crippen LogP contribution in [0.15, 0.2) is 37.9 Å². The molecule has 1 aliphatic rings. The summed E-state index contributed by atoms with van der Waals surface area (Å²) in [6, 6.07) is 6.26. The van der Waals surface area contributed by atoms with Crippen molar-refractivity contribution in [3.05, 3.63) is 34.7 Å². The zero-order chi connectivity index (χ0) is 16.4. The van der Waals surface area contributed by atoms with Gasteiger partial charge in [0.1, 0.15) is 16.6 Å². The van der Waals surface area contributed by atoms with Crippen LogP contribution < -0.4 is 19.8 Å². The molecule has 3 heterocycles. The van der Waals surface area contributed by atoms with E-state index >= 15 is 0 Å². The van der Waals surface area contributed by atoms with Crippen LogP contribution in [0.1, 0.15) is 0 Å². The first-order chi connectivity index (χ1) is 11.7. The number of ether oxygens (including phenoxy) is 3. The lowest BCUT2D eigenvalue weighted by molar-refractivity contribution is 0.174. The van der Waals surface area contributed by atoms with Crippen molar-refractivity contribution in [1.82, 2.24) is 0 Å². The van der Waals surface area contributed by atoms with E-state index in [9.17, 15) is 9.90 Å². The van der Waals surface area contributed by atoms with Gasteiger partial charge in [-0.05, 0) is 12.1 Å². The maximum Gasteiger partial charge on any atom is 0.348 e. The number of phenols is 1. The van der Waals surface area contributed by atoms with E-state index in [-0.39, 0.29) is 23.9 Å². The average Bonchev–Trinajstić information content (AvgIpc) is 3.16. The molecule has 0 aliphatic carbocycles. The number of rotatable bonds is 1. The quantitative estimate of drug-likeness (QED) is 0.537. The van der Waals surface area contributed by atoms with Crippen LogP contribution in [0, 0.1) is 0 Å². The molecule has 7 nitrogen and oxygen atoms in total. The minimum Gasteiger partial charge on any atom is -0.504 e. The number of fused-ring (bicyclic) bond motifs is 6. The van der Waals surface area contributed by atoms with Crippen LogP contribution in [0.2, 0.25) is 0 Å². The summed E-state index contributed by atoms with van der Waals surface area (Å²) in [5.41, 5.74) is 0.534. The molecule has 7 heteroatoms. The van der Waals surface area contributed by atoms with Crippen LogP contribution in [-0.2, 0) is 0 Å². The number of phenolic OH excluding ortho intramolecular Hbond substituents is 1. The number of furan rings is 1. The van der Waals surface area contributed by atoms with E-state index in [2.05, 4.69) is 0 Å². The van der Waals surface area contributed by atoms with Gasteiger partial charge in [-0.3, -0.25) is 0 Å². The minimum atomic E-state index is -0.539. The Kier molecular flexibility index (Phi) is 2.38. The minimum absolute atomic E-state index is 0.0743. The van der Waals surface area contributed by atoms with Crippen LogP contribution in [0.4, 0.5) is 0 Å². The van der Waals surface area contributed by atoms with Gasteiger partial charge in [-0.1, -0.05) is 0 Å². The number of hydrogen-bond acceptors (Lipinski definition) is 7. The molecule has 0 unspecified atom stereocenters. The number of methoxy groups -OCH3 is 1. The Morgan fingerprint density at radius 2 is 1.75 bits per heavy atom. The van der Waals surface area contributed by atoms with Gasteiger partial charge in [-0.15, -0.1) is 0 Å². The molecule has 0 saturated carbocycles. The summed E-state index contributed by atoms with van der Waals surface area (Å²) in [5.74, 6) is 1.23. The lowest BCUT2D eigenvalue weighted by Gasteiger charge is -2.04. The normalized spacial score (nSPS) is 13.2. The summed E-state index contributed by atoms with van der Waals surface area (Å²) in [5, 5.41) is 11.4. The predicted molar refractivity (Wildman–Crippen MR) is 84.1 cm³/mol. The Bertz CT molecular complexity index is 1200. The molecule has 1 aliphatic heterocycles. The Balaban J connectivity index is 1.97. The fraction of sp³-hybridized carbons (Fsp3) is 0.118. The first kappa shape index (κ1) is 13.1. The van der Waals surface area contributed by atoms with Gasteiger partial charge in [0.2, 0.25) is 6.79 Å². The molecule has 2 aromatic heterocycles. The lowest BCUT2D eigenvalue weighted by Crippen LogP contribution is -1.98. The molecule has 0 spiro atoms. The van der Waals surface area contributed by atoms with Crippen LogP contribution in [-0.4, -0.2) is 19.0 Å². The fourth-order valence-electron chi connectivity index (χ4n) is 3.00. The summed E-state index contributed by atoms with van der Waals surface area (Å²) >= 11 is 0. The molecular formula is C17H10O7. The van der Waals surface area contributed by atoms with Crippen molar-refractivity contribution in [3.63, 3.8) is 0 Å². The third kappa shape index (κ3) is 1.58. The molecule has 0 atom stereocenters. The van der Waals surface area contributed by atoms with Crippen LogP contribution in [0.3, 0.4) is 0 Å². The predicted octanol–water partition coefficient (Wildman–Crippen LogP) is 3.14. The first-order valence-electron chi connectivity index (χ1n) is 7.15. The second kappa shape index (κ2) is 4.35. The topological polar surface area (TPSA) is 91.3 Å². The first-order valence-corrected chi connectivity index (χ1v) is 7.15. The number of aromatic hydroxyl groups is 1. The van der Waals surface area contributed by atoms with E-state index in [0.717, 1.165) is 0 Å². The van der Waals surface area contributed by atoms with Gasteiger partial charge in [0.25, 0.3) is 0 Å². The molecule has 24 heavy (non-hydrogen) atoms. The molecule has 120 valence electrons. The monoisotopic (exact) mass is 326 g/mol. The van der Waals surface area contributed by atoms with Gasteiger partial charge >= 0.3 is 5.63 Å². The van der Waals surface area contributed by atoms with Crippen molar-refractivity contribution in [1.29, 1.82) is 0 Å². The molecule has 2 aromatic carbocycles. The molecule has 1 N–H and O–H groups in total. The highest BCUT2D eigenvalue weighted by atomic mass is 16.7. The molecule has 0 bridgehead atoms. The zero-order valence-corrected chi connectivity index (χ0v) is 12.4. The third-order valence-electron chi connectivity index (χ3n) is 4.12. The van der Waals surface area contributed by atoms with Gasteiger partial charge < -0.3 is 28.2 Å². The highest BCUT2D eigenvalue weighted by Crippen LogP contribution is 2.42. The zero-order valence-electron chi connectivity index (χ0n) is 12.4. The summed E-state index contributed by atoms with van der Waals surface area (Å²) in [7, 11) is 1.42. The van der Waals surface area contributed by atoms with Crippen LogP contribution in [0.25, 0.3) is 32.9 Å². The lowest BCUT2D eigenvalue weighted by atomic mass is 10.1. The van der Waals surface area contributed by atoms with Crippen molar-refractivity contribution in [2.75, 3.05) is 13.9 Å². The van der Waals surface area contributed by atoms with E-state index in [1.165, 1.54) is 19.2 Å². The number of benzene rings is 2. The molecule has 0 radical (unpaired) electrons. The van der Waals surface area contributed by atoms with E-state index in [4.69, 9.17) is 23.0 Å². The van der Waals surface area contributed by atoms with Gasteiger partial charge in [0.15, 0.2) is 28.6 Å². The van der Waals surface area contributed by atoms with Crippen molar-refractivity contribution in [3.8, 4) is 23.0 Å². The van der Waals surface area contributed by atoms with E-state index in [0.29, 0.717) is 38.8 Å². The van der Waals surface area contributed by atoms with Crippen molar-refractivity contribution in [2.45, 2.75) is 0 Å². The highest BCUT2D eigenvalue weighted by Gasteiger charge is 2.22. The maximum absolute atomic E-state index is 12.5. The second-order valence-electron chi connectivity index (χ2n) is 5.42. The van der Waals surface area contributed by atoms with E-state index < -0.39 is 5.63 Å². The summed E-state index contributed by atoms with van der Waals surface area (Å²) in [6.45, 7) is 0.130. The molecule has 0 saturated heterocycles.